The van der Waals surface area contributed by atoms with Crippen LogP contribution in [0.15, 0.2) is 12.3 Å². The molecule has 0 saturated carbocycles. The standard InChI is InChI=1S/C13H17N5O2/c1-2-16-13(19)11-8-20-4-3-18(11)12-9(6-14)5-10(15)7-17-12/h5,7,11H,2-4,8,15H2,1H3,(H,16,19). The molecule has 2 rings (SSSR count). The zero-order chi connectivity index (χ0) is 14.5. The highest BCUT2D eigenvalue weighted by Crippen LogP contribution is 2.23. The fourth-order valence-electron chi connectivity index (χ4n) is 2.15. The molecule has 1 aromatic heterocycles. The van der Waals surface area contributed by atoms with Crippen LogP contribution in [0, 0.1) is 11.3 Å². The largest absolute Gasteiger partial charge is 0.397 e. The molecule has 7 nitrogen and oxygen atoms in total. The van der Waals surface area contributed by atoms with E-state index in [1.807, 2.05) is 6.92 Å². The average molecular weight is 275 g/mol. The van der Waals surface area contributed by atoms with Crippen molar-refractivity contribution in [1.29, 1.82) is 5.26 Å². The maximum absolute atomic E-state index is 12.1. The molecule has 106 valence electrons. The number of aromatic nitrogens is 1. The molecule has 0 aliphatic carbocycles. The quantitative estimate of drug-likeness (QED) is 0.796. The van der Waals surface area contributed by atoms with Crippen molar-refractivity contribution in [2.24, 2.45) is 0 Å². The minimum absolute atomic E-state index is 0.130. The van der Waals surface area contributed by atoms with Crippen molar-refractivity contribution in [1.82, 2.24) is 10.3 Å². The number of anilines is 2. The lowest BCUT2D eigenvalue weighted by molar-refractivity contribution is -0.124. The van der Waals surface area contributed by atoms with Gasteiger partial charge in [0.2, 0.25) is 5.91 Å². The SMILES string of the molecule is CCNC(=O)C1COCCN1c1ncc(N)cc1C#N. The number of carbonyl (C=O) groups excluding carboxylic acids is 1. The molecule has 1 fully saturated rings. The van der Waals surface area contributed by atoms with Gasteiger partial charge in [-0.15, -0.1) is 0 Å². The maximum atomic E-state index is 12.1. The molecule has 1 aromatic rings. The molecule has 2 heterocycles. The van der Waals surface area contributed by atoms with Gasteiger partial charge >= 0.3 is 0 Å². The molecule has 0 bridgehead atoms. The number of hydrogen-bond acceptors (Lipinski definition) is 6. The van der Waals surface area contributed by atoms with Crippen LogP contribution in [0.2, 0.25) is 0 Å². The molecule has 0 spiro atoms. The first-order chi connectivity index (χ1) is 9.67. The highest BCUT2D eigenvalue weighted by atomic mass is 16.5. The summed E-state index contributed by atoms with van der Waals surface area (Å²) in [5.41, 5.74) is 6.43. The number of nitrogen functional groups attached to an aromatic ring is 1. The van der Waals surface area contributed by atoms with E-state index >= 15 is 0 Å². The third-order valence-electron chi connectivity index (χ3n) is 3.06. The lowest BCUT2D eigenvalue weighted by atomic mass is 10.1. The normalized spacial score (nSPS) is 18.4. The Labute approximate surface area is 117 Å². The molecule has 0 radical (unpaired) electrons. The minimum atomic E-state index is -0.480. The van der Waals surface area contributed by atoms with Gasteiger partial charge in [-0.3, -0.25) is 4.79 Å². The van der Waals surface area contributed by atoms with Crippen molar-refractivity contribution in [3.05, 3.63) is 17.8 Å². The van der Waals surface area contributed by atoms with E-state index in [1.165, 1.54) is 6.20 Å². The zero-order valence-electron chi connectivity index (χ0n) is 11.3. The second-order valence-corrected chi connectivity index (χ2v) is 4.43. The molecule has 1 aliphatic rings. The number of nitriles is 1. The number of morpholine rings is 1. The Morgan fingerprint density at radius 1 is 1.75 bits per heavy atom. The van der Waals surface area contributed by atoms with Gasteiger partial charge in [0.25, 0.3) is 0 Å². The molecule has 1 unspecified atom stereocenters. The summed E-state index contributed by atoms with van der Waals surface area (Å²) in [6.07, 6.45) is 1.49. The minimum Gasteiger partial charge on any atom is -0.397 e. The number of nitrogens with one attached hydrogen (secondary N) is 1. The fraction of sp³-hybridized carbons (Fsp3) is 0.462. The van der Waals surface area contributed by atoms with Gasteiger partial charge in [-0.1, -0.05) is 0 Å². The molecule has 7 heteroatoms. The van der Waals surface area contributed by atoms with Gasteiger partial charge in [0.15, 0.2) is 0 Å². The van der Waals surface area contributed by atoms with Crippen LogP contribution >= 0.6 is 0 Å². The van der Waals surface area contributed by atoms with Crippen LogP contribution in [0.1, 0.15) is 12.5 Å². The first-order valence-electron chi connectivity index (χ1n) is 6.45. The summed E-state index contributed by atoms with van der Waals surface area (Å²) < 4.78 is 5.36. The Hall–Kier alpha value is -2.33. The molecule has 1 aliphatic heterocycles. The van der Waals surface area contributed by atoms with Crippen molar-refractivity contribution in [2.45, 2.75) is 13.0 Å². The van der Waals surface area contributed by atoms with Crippen molar-refractivity contribution < 1.29 is 9.53 Å². The zero-order valence-corrected chi connectivity index (χ0v) is 11.3. The van der Waals surface area contributed by atoms with Gasteiger partial charge in [-0.25, -0.2) is 4.98 Å². The van der Waals surface area contributed by atoms with Gasteiger partial charge in [0.05, 0.1) is 30.7 Å². The second kappa shape index (κ2) is 6.21. The molecule has 20 heavy (non-hydrogen) atoms. The maximum Gasteiger partial charge on any atom is 0.245 e. The Bertz CT molecular complexity index is 540. The van der Waals surface area contributed by atoms with Crippen LogP contribution < -0.4 is 16.0 Å². The summed E-state index contributed by atoms with van der Waals surface area (Å²) in [5.74, 6) is 0.343. The van der Waals surface area contributed by atoms with Crippen molar-refractivity contribution in [3.8, 4) is 6.07 Å². The molecule has 1 amide bonds. The Kier molecular flexibility index (Phi) is 4.38. The molecule has 1 atom stereocenters. The average Bonchev–Trinajstić information content (AvgIpc) is 2.47. The summed E-state index contributed by atoms with van der Waals surface area (Å²) in [5, 5.41) is 12.0. The number of pyridine rings is 1. The first-order valence-corrected chi connectivity index (χ1v) is 6.45. The Morgan fingerprint density at radius 2 is 2.55 bits per heavy atom. The predicted octanol–water partition coefficient (Wildman–Crippen LogP) is -0.123. The van der Waals surface area contributed by atoms with Gasteiger partial charge in [-0.2, -0.15) is 5.26 Å². The summed E-state index contributed by atoms with van der Waals surface area (Å²) in [4.78, 5) is 18.1. The number of carbonyl (C=O) groups is 1. The van der Waals surface area contributed by atoms with Crippen LogP contribution in [0.3, 0.4) is 0 Å². The van der Waals surface area contributed by atoms with Gasteiger partial charge in [-0.05, 0) is 13.0 Å². The summed E-state index contributed by atoms with van der Waals surface area (Å²) in [6.45, 7) is 3.68. The second-order valence-electron chi connectivity index (χ2n) is 4.43. The van der Waals surface area contributed by atoms with E-state index in [9.17, 15) is 10.1 Å². The Morgan fingerprint density at radius 3 is 3.25 bits per heavy atom. The lowest BCUT2D eigenvalue weighted by Crippen LogP contribution is -2.54. The first kappa shape index (κ1) is 14.1. The summed E-state index contributed by atoms with van der Waals surface area (Å²) in [6, 6.07) is 3.15. The number of amides is 1. The van der Waals surface area contributed by atoms with Gasteiger partial charge in [0, 0.05) is 13.1 Å². The predicted molar refractivity (Wildman–Crippen MR) is 74.0 cm³/mol. The van der Waals surface area contributed by atoms with E-state index in [4.69, 9.17) is 10.5 Å². The number of nitrogens with zero attached hydrogens (tertiary/aromatic N) is 3. The Balaban J connectivity index is 2.33. The molecular formula is C13H17N5O2. The third kappa shape index (κ3) is 2.81. The van der Waals surface area contributed by atoms with E-state index in [-0.39, 0.29) is 12.5 Å². The molecular weight excluding hydrogens is 258 g/mol. The van der Waals surface area contributed by atoms with Gasteiger partial charge < -0.3 is 20.7 Å². The van der Waals surface area contributed by atoms with Crippen LogP contribution in [-0.2, 0) is 9.53 Å². The van der Waals surface area contributed by atoms with Crippen LogP contribution in [0.4, 0.5) is 11.5 Å². The van der Waals surface area contributed by atoms with Crippen molar-refractivity contribution in [3.63, 3.8) is 0 Å². The van der Waals surface area contributed by atoms with Crippen molar-refractivity contribution in [2.75, 3.05) is 36.9 Å². The van der Waals surface area contributed by atoms with Crippen LogP contribution in [0.25, 0.3) is 0 Å². The smallest absolute Gasteiger partial charge is 0.245 e. The van der Waals surface area contributed by atoms with E-state index in [2.05, 4.69) is 16.4 Å². The molecule has 1 saturated heterocycles. The van der Waals surface area contributed by atoms with Crippen LogP contribution in [0.5, 0.6) is 0 Å². The highest BCUT2D eigenvalue weighted by molar-refractivity contribution is 5.85. The summed E-state index contributed by atoms with van der Waals surface area (Å²) in [7, 11) is 0. The van der Waals surface area contributed by atoms with Gasteiger partial charge in [0.1, 0.15) is 17.9 Å². The van der Waals surface area contributed by atoms with Crippen molar-refractivity contribution >= 4 is 17.4 Å². The molecule has 3 N–H and O–H groups in total. The topological polar surface area (TPSA) is 104 Å². The van der Waals surface area contributed by atoms with E-state index in [1.54, 1.807) is 11.0 Å². The van der Waals surface area contributed by atoms with E-state index < -0.39 is 6.04 Å². The number of likely N-dealkylation sites (N-methyl/N-ethyl adjacent to an activating group) is 1. The van der Waals surface area contributed by atoms with E-state index in [0.717, 1.165) is 0 Å². The van der Waals surface area contributed by atoms with Crippen LogP contribution in [-0.4, -0.2) is 43.2 Å². The highest BCUT2D eigenvalue weighted by Gasteiger charge is 2.31. The monoisotopic (exact) mass is 275 g/mol. The number of ether oxygens (including phenoxy) is 1. The number of rotatable bonds is 3. The lowest BCUT2D eigenvalue weighted by Gasteiger charge is -2.35. The third-order valence-corrected chi connectivity index (χ3v) is 3.06. The number of nitrogens with two attached hydrogens (primary N) is 1. The van der Waals surface area contributed by atoms with E-state index in [0.29, 0.717) is 36.8 Å². The molecule has 0 aromatic carbocycles. The number of hydrogen-bond donors (Lipinski definition) is 2. The summed E-state index contributed by atoms with van der Waals surface area (Å²) >= 11 is 0. The fourth-order valence-corrected chi connectivity index (χ4v) is 2.15.